The number of quaternary nitrogens is 1. The van der Waals surface area contributed by atoms with Crippen LogP contribution in [0.2, 0.25) is 0 Å². The van der Waals surface area contributed by atoms with Crippen molar-refractivity contribution in [1.82, 2.24) is 0 Å². The fourth-order valence-electron chi connectivity index (χ4n) is 6.91. The molecule has 0 fully saturated rings. The zero-order chi connectivity index (χ0) is 35.0. The molecule has 0 aliphatic heterocycles. The van der Waals surface area contributed by atoms with Crippen LogP contribution in [-0.2, 0) is 9.09 Å². The number of allylic oxidation sites excluding steroid dienone is 4. The quantitative estimate of drug-likeness (QED) is 0.0298. The summed E-state index contributed by atoms with van der Waals surface area (Å²) in [6.45, 7) is 5.16. The number of unbranched alkanes of at least 4 members (excludes halogenated alkanes) is 24. The summed E-state index contributed by atoms with van der Waals surface area (Å²) in [5.41, 5.74) is -0.765. The van der Waals surface area contributed by atoms with Crippen LogP contribution in [-0.4, -0.2) is 47.6 Å². The molecule has 0 aromatic carbocycles. The van der Waals surface area contributed by atoms with Gasteiger partial charge in [0.25, 0.3) is 0 Å². The van der Waals surface area contributed by atoms with Gasteiger partial charge in [-0.2, -0.15) is 0 Å². The lowest BCUT2D eigenvalue weighted by molar-refractivity contribution is -0.876. The zero-order valence-corrected chi connectivity index (χ0v) is 33.2. The molecule has 0 unspecified atom stereocenters. The van der Waals surface area contributed by atoms with Crippen LogP contribution in [0, 0.1) is 0 Å². The van der Waals surface area contributed by atoms with Gasteiger partial charge in [0.15, 0.2) is 0 Å². The van der Waals surface area contributed by atoms with Gasteiger partial charge >= 0.3 is 7.82 Å². The average molecular weight is 685 g/mol. The van der Waals surface area contributed by atoms with Crippen LogP contribution in [0.4, 0.5) is 0 Å². The fraction of sp³-hybridized carbons (Fsp3) is 0.902. The van der Waals surface area contributed by atoms with Crippen LogP contribution < -0.4 is 0 Å². The van der Waals surface area contributed by atoms with Gasteiger partial charge in [-0.05, 0) is 64.2 Å². The topological polar surface area (TPSA) is 66.8 Å². The van der Waals surface area contributed by atoms with Crippen LogP contribution in [0.5, 0.6) is 0 Å². The molecule has 0 aromatic rings. The summed E-state index contributed by atoms with van der Waals surface area (Å²) < 4.78 is 18.5. The van der Waals surface area contributed by atoms with Crippen molar-refractivity contribution in [2.45, 2.75) is 212 Å². The van der Waals surface area contributed by atoms with Gasteiger partial charge in [0, 0.05) is 0 Å². The van der Waals surface area contributed by atoms with E-state index in [-0.39, 0.29) is 0 Å². The van der Waals surface area contributed by atoms with E-state index in [4.69, 9.17) is 4.52 Å². The molecule has 0 atom stereocenters. The van der Waals surface area contributed by atoms with E-state index in [1.807, 2.05) is 0 Å². The predicted molar refractivity (Wildman–Crippen MR) is 207 cm³/mol. The number of rotatable bonds is 36. The van der Waals surface area contributed by atoms with Crippen molar-refractivity contribution < 1.29 is 23.4 Å². The van der Waals surface area contributed by atoms with E-state index in [0.29, 0.717) is 11.0 Å². The first-order valence-corrected chi connectivity index (χ1v) is 21.9. The Morgan fingerprint density at radius 1 is 0.489 bits per heavy atom. The summed E-state index contributed by atoms with van der Waals surface area (Å²) in [5, 5.41) is 0. The van der Waals surface area contributed by atoms with Crippen LogP contribution in [0.3, 0.4) is 0 Å². The van der Waals surface area contributed by atoms with Gasteiger partial charge in [0.1, 0.15) is 12.1 Å². The maximum atomic E-state index is 12.1. The highest BCUT2D eigenvalue weighted by Crippen LogP contribution is 2.46. The van der Waals surface area contributed by atoms with Crippen LogP contribution in [0.1, 0.15) is 206 Å². The number of hydrogen-bond acceptors (Lipinski definition) is 2. The molecule has 0 bridgehead atoms. The Kier molecular flexibility index (Phi) is 31.2. The number of hydrogen-bond donors (Lipinski definition) is 2. The molecule has 0 saturated heterocycles. The Labute approximate surface area is 294 Å². The van der Waals surface area contributed by atoms with E-state index in [0.717, 1.165) is 38.5 Å². The third-order valence-corrected chi connectivity index (χ3v) is 9.99. The molecule has 5 nitrogen and oxygen atoms in total. The maximum absolute atomic E-state index is 12.1. The average Bonchev–Trinajstić information content (AvgIpc) is 2.99. The van der Waals surface area contributed by atoms with Gasteiger partial charge in [0.2, 0.25) is 0 Å². The Bertz CT molecular complexity index is 728. The molecule has 280 valence electrons. The standard InChI is InChI=1S/C41H82NO4P/c1-6-8-10-12-14-16-18-20-22-24-26-28-30-32-34-36-38-41(40-42(3,4)5,46-47(43,44)45)39-37-35-33-31-29-27-25-23-21-19-17-15-13-11-9-7-2/h20-23H,6-19,24-40H2,1-5H3,(H-,43,44,45)/p+1/b22-20-,23-21-. The molecule has 6 heteroatoms. The van der Waals surface area contributed by atoms with Crippen molar-refractivity contribution in [1.29, 1.82) is 0 Å². The number of nitrogens with zero attached hydrogens (tertiary/aromatic N) is 1. The first-order valence-electron chi connectivity index (χ1n) is 20.4. The van der Waals surface area contributed by atoms with Gasteiger partial charge in [-0.1, -0.05) is 167 Å². The second kappa shape index (κ2) is 31.5. The largest absolute Gasteiger partial charge is 0.470 e. The SMILES string of the molecule is CCCCCCCC/C=C\CCCCCCCCC(CCCCCCCC/C=C\CCCCCCCC)(C[N+](C)(C)C)OP(=O)(O)O. The Morgan fingerprint density at radius 2 is 0.766 bits per heavy atom. The van der Waals surface area contributed by atoms with Crippen LogP contribution in [0.15, 0.2) is 24.3 Å². The molecule has 0 aliphatic rings. The zero-order valence-electron chi connectivity index (χ0n) is 32.3. The van der Waals surface area contributed by atoms with E-state index in [1.165, 1.54) is 154 Å². The van der Waals surface area contributed by atoms with Gasteiger partial charge < -0.3 is 14.3 Å². The highest BCUT2D eigenvalue weighted by atomic mass is 31.2. The van der Waals surface area contributed by atoms with Gasteiger partial charge in [0.05, 0.1) is 21.1 Å². The molecule has 0 rings (SSSR count). The number of phosphoric ester groups is 1. The molecule has 0 aliphatic carbocycles. The smallest absolute Gasteiger partial charge is 0.329 e. The molecular formula is C41H83NO4P+. The van der Waals surface area contributed by atoms with Crippen LogP contribution in [0.25, 0.3) is 0 Å². The Hall–Kier alpha value is -0.450. The van der Waals surface area contributed by atoms with Crippen molar-refractivity contribution in [2.75, 3.05) is 27.7 Å². The lowest BCUT2D eigenvalue weighted by Gasteiger charge is -2.39. The van der Waals surface area contributed by atoms with Gasteiger partial charge in [-0.15, -0.1) is 0 Å². The molecule has 0 spiro atoms. The highest BCUT2D eigenvalue weighted by molar-refractivity contribution is 7.46. The fourth-order valence-corrected chi connectivity index (χ4v) is 7.65. The minimum Gasteiger partial charge on any atom is -0.329 e. The van der Waals surface area contributed by atoms with Crippen LogP contribution >= 0.6 is 7.82 Å². The minimum absolute atomic E-state index is 0.619. The molecular weight excluding hydrogens is 601 g/mol. The molecule has 0 saturated carbocycles. The Morgan fingerprint density at radius 3 is 1.04 bits per heavy atom. The van der Waals surface area contributed by atoms with E-state index in [1.54, 1.807) is 0 Å². The summed E-state index contributed by atoms with van der Waals surface area (Å²) in [6, 6.07) is 0. The molecule has 0 heterocycles. The second-order valence-electron chi connectivity index (χ2n) is 15.6. The molecule has 0 radical (unpaired) electrons. The van der Waals surface area contributed by atoms with Crippen molar-refractivity contribution in [3.05, 3.63) is 24.3 Å². The van der Waals surface area contributed by atoms with Crippen molar-refractivity contribution >= 4 is 7.82 Å². The second-order valence-corrected chi connectivity index (χ2v) is 16.8. The monoisotopic (exact) mass is 685 g/mol. The summed E-state index contributed by atoms with van der Waals surface area (Å²) in [5.74, 6) is 0. The lowest BCUT2D eigenvalue weighted by Crippen LogP contribution is -2.50. The van der Waals surface area contributed by atoms with Gasteiger partial charge in [-0.3, -0.25) is 4.52 Å². The van der Waals surface area contributed by atoms with Gasteiger partial charge in [-0.25, -0.2) is 4.57 Å². The normalized spacial score (nSPS) is 13.1. The summed E-state index contributed by atoms with van der Waals surface area (Å²) in [7, 11) is 1.72. The third-order valence-electron chi connectivity index (χ3n) is 9.36. The first kappa shape index (κ1) is 46.5. The number of phosphoric acid groups is 1. The summed E-state index contributed by atoms with van der Waals surface area (Å²) >= 11 is 0. The highest BCUT2D eigenvalue weighted by Gasteiger charge is 2.41. The molecule has 47 heavy (non-hydrogen) atoms. The molecule has 0 amide bonds. The van der Waals surface area contributed by atoms with Crippen molar-refractivity contribution in [3.63, 3.8) is 0 Å². The van der Waals surface area contributed by atoms with Crippen molar-refractivity contribution in [3.8, 4) is 0 Å². The molecule has 0 aromatic heterocycles. The van der Waals surface area contributed by atoms with E-state index >= 15 is 0 Å². The number of likely N-dealkylation sites (N-methyl/N-ethyl adjacent to an activating group) is 1. The lowest BCUT2D eigenvalue weighted by atomic mass is 9.88. The predicted octanol–water partition coefficient (Wildman–Crippen LogP) is 13.4. The van der Waals surface area contributed by atoms with E-state index < -0.39 is 13.4 Å². The third kappa shape index (κ3) is 35.2. The minimum atomic E-state index is -4.58. The summed E-state index contributed by atoms with van der Waals surface area (Å²) in [6.07, 6.45) is 46.2. The van der Waals surface area contributed by atoms with Crippen molar-refractivity contribution in [2.24, 2.45) is 0 Å². The first-order chi connectivity index (χ1) is 22.5. The maximum Gasteiger partial charge on any atom is 0.470 e. The van der Waals surface area contributed by atoms with E-state index in [2.05, 4.69) is 59.3 Å². The molecule has 2 N–H and O–H groups in total. The van der Waals surface area contributed by atoms with E-state index in [9.17, 15) is 14.4 Å². The summed E-state index contributed by atoms with van der Waals surface area (Å²) in [4.78, 5) is 19.8. The Balaban J connectivity index is 4.30.